The van der Waals surface area contributed by atoms with Crippen LogP contribution in [0, 0.1) is 5.92 Å². The summed E-state index contributed by atoms with van der Waals surface area (Å²) in [6.07, 6.45) is 1.08. The number of aromatic nitrogens is 2. The lowest BCUT2D eigenvalue weighted by atomic mass is 9.99. The third kappa shape index (κ3) is 2.62. The van der Waals surface area contributed by atoms with Gasteiger partial charge in [-0.15, -0.1) is 0 Å². The molecule has 1 fully saturated rings. The molecule has 0 saturated heterocycles. The number of ether oxygens (including phenoxy) is 1. The first kappa shape index (κ1) is 14.0. The molecule has 4 nitrogen and oxygen atoms in total. The Bertz CT molecular complexity index is 483. The van der Waals surface area contributed by atoms with Gasteiger partial charge in [0.15, 0.2) is 11.5 Å². The summed E-state index contributed by atoms with van der Waals surface area (Å²) in [5.74, 6) is -3.30. The van der Waals surface area contributed by atoms with Gasteiger partial charge in [-0.3, -0.25) is 9.48 Å². The molecule has 1 saturated carbocycles. The predicted molar refractivity (Wildman–Crippen MR) is 65.8 cm³/mol. The zero-order valence-corrected chi connectivity index (χ0v) is 11.3. The second kappa shape index (κ2) is 4.90. The molecule has 1 aromatic rings. The Morgan fingerprint density at radius 2 is 2.26 bits per heavy atom. The maximum absolute atomic E-state index is 13.2. The minimum atomic E-state index is -2.73. The van der Waals surface area contributed by atoms with E-state index in [2.05, 4.69) is 5.10 Å². The molecule has 0 spiro atoms. The maximum Gasteiger partial charge on any atom is 0.248 e. The van der Waals surface area contributed by atoms with Gasteiger partial charge in [0.25, 0.3) is 0 Å². The number of methoxy groups -OCH3 is 1. The molecule has 0 radical (unpaired) electrons. The van der Waals surface area contributed by atoms with Crippen molar-refractivity contribution in [3.63, 3.8) is 0 Å². The van der Waals surface area contributed by atoms with Crippen molar-refractivity contribution in [1.82, 2.24) is 9.78 Å². The molecule has 0 aliphatic heterocycles. The Labute approximate surface area is 110 Å². The van der Waals surface area contributed by atoms with Crippen LogP contribution in [0.25, 0.3) is 0 Å². The lowest BCUT2D eigenvalue weighted by Crippen LogP contribution is -2.21. The summed E-state index contributed by atoms with van der Waals surface area (Å²) >= 11 is 0. The minimum absolute atomic E-state index is 0.0234. The number of hydrogen-bond donors (Lipinski definition) is 0. The SMILES string of the molecule is COc1cnn(C(C)C)c1C(=O)C1CCC(F)(F)C1. The van der Waals surface area contributed by atoms with Crippen LogP contribution in [0.5, 0.6) is 5.75 Å². The highest BCUT2D eigenvalue weighted by Gasteiger charge is 2.44. The normalized spacial score (nSPS) is 21.9. The van der Waals surface area contributed by atoms with Crippen LogP contribution >= 0.6 is 0 Å². The van der Waals surface area contributed by atoms with E-state index in [9.17, 15) is 13.6 Å². The fourth-order valence-electron chi connectivity index (χ4n) is 2.49. The molecular weight excluding hydrogens is 254 g/mol. The van der Waals surface area contributed by atoms with Gasteiger partial charge >= 0.3 is 0 Å². The maximum atomic E-state index is 13.2. The van der Waals surface area contributed by atoms with E-state index in [0.29, 0.717) is 11.4 Å². The van der Waals surface area contributed by atoms with E-state index in [0.717, 1.165) is 0 Å². The van der Waals surface area contributed by atoms with Crippen molar-refractivity contribution < 1.29 is 18.3 Å². The quantitative estimate of drug-likeness (QED) is 0.791. The standard InChI is InChI=1S/C13H18F2N2O2/c1-8(2)17-11(10(19-3)7-16-17)12(18)9-4-5-13(14,15)6-9/h7-9H,4-6H2,1-3H3. The molecule has 19 heavy (non-hydrogen) atoms. The molecule has 1 aromatic heterocycles. The highest BCUT2D eigenvalue weighted by Crippen LogP contribution is 2.41. The third-order valence-corrected chi connectivity index (χ3v) is 3.48. The van der Waals surface area contributed by atoms with E-state index in [1.54, 1.807) is 0 Å². The van der Waals surface area contributed by atoms with Gasteiger partial charge < -0.3 is 4.74 Å². The smallest absolute Gasteiger partial charge is 0.248 e. The number of carbonyl (C=O) groups excluding carboxylic acids is 1. The van der Waals surface area contributed by atoms with E-state index in [4.69, 9.17) is 4.74 Å². The van der Waals surface area contributed by atoms with Crippen LogP contribution in [0.4, 0.5) is 8.78 Å². The monoisotopic (exact) mass is 272 g/mol. The van der Waals surface area contributed by atoms with E-state index in [1.165, 1.54) is 18.0 Å². The number of nitrogens with zero attached hydrogens (tertiary/aromatic N) is 2. The van der Waals surface area contributed by atoms with Gasteiger partial charge in [-0.25, -0.2) is 8.78 Å². The molecule has 1 aliphatic carbocycles. The van der Waals surface area contributed by atoms with Crippen LogP contribution in [0.3, 0.4) is 0 Å². The van der Waals surface area contributed by atoms with Crippen molar-refractivity contribution in [2.24, 2.45) is 5.92 Å². The minimum Gasteiger partial charge on any atom is -0.493 e. The molecule has 0 bridgehead atoms. The first-order chi connectivity index (χ1) is 8.85. The summed E-state index contributed by atoms with van der Waals surface area (Å²) < 4.78 is 33.1. The molecule has 1 aliphatic rings. The molecule has 2 rings (SSSR count). The van der Waals surface area contributed by atoms with Crippen molar-refractivity contribution >= 4 is 5.78 Å². The average molecular weight is 272 g/mol. The zero-order chi connectivity index (χ0) is 14.2. The fraction of sp³-hybridized carbons (Fsp3) is 0.692. The Kier molecular flexibility index (Phi) is 3.60. The number of alkyl halides is 2. The topological polar surface area (TPSA) is 44.1 Å². The number of halogens is 2. The van der Waals surface area contributed by atoms with Crippen molar-refractivity contribution in [1.29, 1.82) is 0 Å². The number of Topliss-reactive ketones (excluding diaryl/α,β-unsaturated/α-hetero) is 1. The highest BCUT2D eigenvalue weighted by atomic mass is 19.3. The largest absolute Gasteiger partial charge is 0.493 e. The summed E-state index contributed by atoms with van der Waals surface area (Å²) in [5, 5.41) is 4.10. The van der Waals surface area contributed by atoms with Gasteiger partial charge in [-0.2, -0.15) is 5.10 Å². The van der Waals surface area contributed by atoms with Crippen molar-refractivity contribution in [2.45, 2.75) is 45.1 Å². The third-order valence-electron chi connectivity index (χ3n) is 3.48. The second-order valence-electron chi connectivity index (χ2n) is 5.26. The first-order valence-electron chi connectivity index (χ1n) is 6.39. The van der Waals surface area contributed by atoms with Gasteiger partial charge in [0.1, 0.15) is 5.69 Å². The molecule has 0 aromatic carbocycles. The average Bonchev–Trinajstić information content (AvgIpc) is 2.91. The van der Waals surface area contributed by atoms with Crippen molar-refractivity contribution in [3.8, 4) is 5.75 Å². The van der Waals surface area contributed by atoms with Crippen LogP contribution in [0.1, 0.15) is 49.6 Å². The number of rotatable bonds is 4. The van der Waals surface area contributed by atoms with Crippen LogP contribution in [-0.4, -0.2) is 28.6 Å². The predicted octanol–water partition coefficient (Wildman–Crippen LogP) is 3.09. The lowest BCUT2D eigenvalue weighted by molar-refractivity contribution is 0.00522. The van der Waals surface area contributed by atoms with Crippen molar-refractivity contribution in [3.05, 3.63) is 11.9 Å². The van der Waals surface area contributed by atoms with Gasteiger partial charge in [0.05, 0.1) is 13.3 Å². The molecule has 1 heterocycles. The Hall–Kier alpha value is -1.46. The van der Waals surface area contributed by atoms with Gasteiger partial charge in [-0.1, -0.05) is 0 Å². The molecule has 6 heteroatoms. The number of carbonyl (C=O) groups is 1. The van der Waals surface area contributed by atoms with E-state index in [1.807, 2.05) is 13.8 Å². The van der Waals surface area contributed by atoms with Crippen LogP contribution in [0.15, 0.2) is 6.20 Å². The summed E-state index contributed by atoms with van der Waals surface area (Å²) in [4.78, 5) is 12.4. The van der Waals surface area contributed by atoms with E-state index >= 15 is 0 Å². The van der Waals surface area contributed by atoms with Crippen LogP contribution in [0.2, 0.25) is 0 Å². The number of hydrogen-bond acceptors (Lipinski definition) is 3. The van der Waals surface area contributed by atoms with E-state index in [-0.39, 0.29) is 31.1 Å². The molecule has 1 atom stereocenters. The molecule has 1 unspecified atom stereocenters. The fourth-order valence-corrected chi connectivity index (χ4v) is 2.49. The zero-order valence-electron chi connectivity index (χ0n) is 11.3. The molecule has 0 amide bonds. The summed E-state index contributed by atoms with van der Waals surface area (Å²) in [5.41, 5.74) is 0.306. The van der Waals surface area contributed by atoms with Gasteiger partial charge in [0.2, 0.25) is 5.92 Å². The highest BCUT2D eigenvalue weighted by molar-refractivity contribution is 5.99. The van der Waals surface area contributed by atoms with Crippen LogP contribution in [-0.2, 0) is 0 Å². The number of ketones is 1. The summed E-state index contributed by atoms with van der Waals surface area (Å²) in [7, 11) is 1.45. The van der Waals surface area contributed by atoms with Crippen molar-refractivity contribution in [2.75, 3.05) is 7.11 Å². The Morgan fingerprint density at radius 1 is 1.58 bits per heavy atom. The molecule has 106 valence electrons. The first-order valence-corrected chi connectivity index (χ1v) is 6.39. The van der Waals surface area contributed by atoms with Gasteiger partial charge in [0, 0.05) is 24.8 Å². The molecular formula is C13H18F2N2O2. The lowest BCUT2D eigenvalue weighted by Gasteiger charge is -2.14. The van der Waals surface area contributed by atoms with E-state index < -0.39 is 11.8 Å². The summed E-state index contributed by atoms with van der Waals surface area (Å²) in [6, 6.07) is -0.0234. The van der Waals surface area contributed by atoms with Gasteiger partial charge in [-0.05, 0) is 20.3 Å². The Balaban J connectivity index is 2.31. The van der Waals surface area contributed by atoms with Crippen LogP contribution < -0.4 is 4.74 Å². The summed E-state index contributed by atoms with van der Waals surface area (Å²) in [6.45, 7) is 3.76. The second-order valence-corrected chi connectivity index (χ2v) is 5.26. The Morgan fingerprint density at radius 3 is 2.74 bits per heavy atom. The molecule has 0 N–H and O–H groups in total.